The topological polar surface area (TPSA) is 54.9 Å². The Labute approximate surface area is 161 Å². The Bertz CT molecular complexity index is 928. The Morgan fingerprint density at radius 3 is 2.92 bits per heavy atom. The molecule has 0 atom stereocenters. The van der Waals surface area contributed by atoms with Gasteiger partial charge in [0.15, 0.2) is 5.13 Å². The van der Waals surface area contributed by atoms with Crippen LogP contribution in [0.5, 0.6) is 0 Å². The number of hydrogen-bond acceptors (Lipinski definition) is 5. The lowest BCUT2D eigenvalue weighted by Gasteiger charge is -2.08. The Hall–Kier alpha value is -1.92. The van der Waals surface area contributed by atoms with Crippen LogP contribution in [0.4, 0.5) is 5.13 Å². The predicted octanol–water partition coefficient (Wildman–Crippen LogP) is 4.86. The van der Waals surface area contributed by atoms with Gasteiger partial charge in [0.2, 0.25) is 5.91 Å². The molecule has 0 spiro atoms. The van der Waals surface area contributed by atoms with Gasteiger partial charge in [-0.15, -0.1) is 11.3 Å². The molecule has 0 fully saturated rings. The van der Waals surface area contributed by atoms with Crippen molar-refractivity contribution in [3.05, 3.63) is 46.5 Å². The molecule has 3 aromatic rings. The Morgan fingerprint density at radius 2 is 2.08 bits per heavy atom. The first-order valence-electron chi connectivity index (χ1n) is 9.03. The number of nitrogens with zero attached hydrogens (tertiary/aromatic N) is 2. The zero-order valence-electron chi connectivity index (χ0n) is 14.7. The molecule has 0 bridgehead atoms. The summed E-state index contributed by atoms with van der Waals surface area (Å²) in [6, 6.07) is 10.3. The van der Waals surface area contributed by atoms with Crippen molar-refractivity contribution >= 4 is 45.0 Å². The highest BCUT2D eigenvalue weighted by molar-refractivity contribution is 8.00. The summed E-state index contributed by atoms with van der Waals surface area (Å²) < 4.78 is 0. The number of thioether (sulfide) groups is 1. The number of hydrogen-bond donors (Lipinski definition) is 1. The number of carbonyl (C=O) groups excluding carboxylic acids is 1. The molecule has 2 heterocycles. The Kier molecular flexibility index (Phi) is 5.22. The first-order chi connectivity index (χ1) is 12.7. The zero-order chi connectivity index (χ0) is 17.9. The van der Waals surface area contributed by atoms with Crippen molar-refractivity contribution in [3.63, 3.8) is 0 Å². The molecule has 1 N–H and O–H groups in total. The van der Waals surface area contributed by atoms with Crippen LogP contribution in [0.1, 0.15) is 35.9 Å². The molecule has 0 aliphatic heterocycles. The Balaban J connectivity index is 1.44. The summed E-state index contributed by atoms with van der Waals surface area (Å²) in [5, 5.41) is 5.79. The number of benzene rings is 1. The van der Waals surface area contributed by atoms with Crippen LogP contribution in [-0.2, 0) is 24.1 Å². The van der Waals surface area contributed by atoms with Crippen molar-refractivity contribution in [2.75, 3.05) is 11.1 Å². The van der Waals surface area contributed by atoms with E-state index in [-0.39, 0.29) is 5.91 Å². The molecule has 0 saturated heterocycles. The van der Waals surface area contributed by atoms with Crippen molar-refractivity contribution in [1.29, 1.82) is 0 Å². The molecule has 0 radical (unpaired) electrons. The fourth-order valence-corrected chi connectivity index (χ4v) is 5.17. The number of anilines is 1. The van der Waals surface area contributed by atoms with Crippen molar-refractivity contribution in [1.82, 2.24) is 9.97 Å². The number of aromatic nitrogens is 2. The van der Waals surface area contributed by atoms with Crippen LogP contribution in [0.2, 0.25) is 0 Å². The van der Waals surface area contributed by atoms with E-state index in [1.807, 2.05) is 18.2 Å². The summed E-state index contributed by atoms with van der Waals surface area (Å²) in [5.74, 6) is 0.334. The molecule has 26 heavy (non-hydrogen) atoms. The van der Waals surface area contributed by atoms with Crippen LogP contribution in [0.15, 0.2) is 35.4 Å². The zero-order valence-corrected chi connectivity index (χ0v) is 16.4. The van der Waals surface area contributed by atoms with Gasteiger partial charge in [0, 0.05) is 10.3 Å². The number of para-hydroxylation sites is 1. The maximum Gasteiger partial charge on any atom is 0.236 e. The van der Waals surface area contributed by atoms with E-state index in [0.29, 0.717) is 5.75 Å². The standard InChI is InChI=1S/C20H21N3OS2/c1-2-13-11-14-7-3-4-8-15(14)21-19(13)25-12-18(24)23-20-22-16-9-5-6-10-17(16)26-20/h3-4,7-8,11H,2,5-6,9-10,12H2,1H3,(H,22,23,24). The van der Waals surface area contributed by atoms with Gasteiger partial charge in [0.25, 0.3) is 0 Å². The van der Waals surface area contributed by atoms with E-state index < -0.39 is 0 Å². The summed E-state index contributed by atoms with van der Waals surface area (Å²) in [5.41, 5.74) is 3.33. The molecule has 4 nitrogen and oxygen atoms in total. The maximum atomic E-state index is 12.4. The summed E-state index contributed by atoms with van der Waals surface area (Å²) in [6.07, 6.45) is 5.47. The van der Waals surface area contributed by atoms with E-state index in [1.165, 1.54) is 40.7 Å². The largest absolute Gasteiger partial charge is 0.301 e. The number of pyridine rings is 1. The van der Waals surface area contributed by atoms with E-state index in [9.17, 15) is 4.79 Å². The lowest BCUT2D eigenvalue weighted by atomic mass is 10.0. The second-order valence-electron chi connectivity index (χ2n) is 6.43. The normalized spacial score (nSPS) is 13.6. The van der Waals surface area contributed by atoms with E-state index in [1.54, 1.807) is 11.3 Å². The molecule has 0 unspecified atom stereocenters. The van der Waals surface area contributed by atoms with Gasteiger partial charge in [-0.2, -0.15) is 0 Å². The number of aryl methyl sites for hydroxylation is 3. The van der Waals surface area contributed by atoms with Crippen LogP contribution >= 0.6 is 23.1 Å². The highest BCUT2D eigenvalue weighted by atomic mass is 32.2. The highest BCUT2D eigenvalue weighted by Gasteiger charge is 2.17. The van der Waals surface area contributed by atoms with Crippen LogP contribution in [0.3, 0.4) is 0 Å². The lowest BCUT2D eigenvalue weighted by molar-refractivity contribution is -0.113. The van der Waals surface area contributed by atoms with Crippen molar-refractivity contribution in [2.24, 2.45) is 0 Å². The molecule has 134 valence electrons. The molecule has 0 saturated carbocycles. The number of fused-ring (bicyclic) bond motifs is 2. The SMILES string of the molecule is CCc1cc2ccccc2nc1SCC(=O)Nc1nc2c(s1)CCCC2. The van der Waals surface area contributed by atoms with Crippen LogP contribution < -0.4 is 5.32 Å². The first kappa shape index (κ1) is 17.5. The van der Waals surface area contributed by atoms with E-state index in [0.717, 1.165) is 40.3 Å². The van der Waals surface area contributed by atoms with Crippen LogP contribution in [0, 0.1) is 0 Å². The van der Waals surface area contributed by atoms with Gasteiger partial charge in [-0.25, -0.2) is 9.97 Å². The summed E-state index contributed by atoms with van der Waals surface area (Å²) >= 11 is 3.13. The summed E-state index contributed by atoms with van der Waals surface area (Å²) in [7, 11) is 0. The van der Waals surface area contributed by atoms with Gasteiger partial charge >= 0.3 is 0 Å². The average molecular weight is 384 g/mol. The summed E-state index contributed by atoms with van der Waals surface area (Å²) in [6.45, 7) is 2.12. The second-order valence-corrected chi connectivity index (χ2v) is 8.48. The molecule has 1 amide bonds. The van der Waals surface area contributed by atoms with Crippen LogP contribution in [-0.4, -0.2) is 21.6 Å². The first-order valence-corrected chi connectivity index (χ1v) is 10.8. The van der Waals surface area contributed by atoms with Crippen LogP contribution in [0.25, 0.3) is 10.9 Å². The highest BCUT2D eigenvalue weighted by Crippen LogP contribution is 2.30. The fourth-order valence-electron chi connectivity index (χ4n) is 3.22. The van der Waals surface area contributed by atoms with Crippen molar-refractivity contribution in [2.45, 2.75) is 44.1 Å². The molecule has 4 rings (SSSR count). The third kappa shape index (κ3) is 3.76. The molecule has 2 aromatic heterocycles. The third-order valence-electron chi connectivity index (χ3n) is 4.58. The Morgan fingerprint density at radius 1 is 1.23 bits per heavy atom. The van der Waals surface area contributed by atoms with E-state index in [2.05, 4.69) is 29.4 Å². The van der Waals surface area contributed by atoms with Crippen molar-refractivity contribution in [3.8, 4) is 0 Å². The predicted molar refractivity (Wildman–Crippen MR) is 109 cm³/mol. The quantitative estimate of drug-likeness (QED) is 0.639. The minimum atomic E-state index is -0.0156. The molecule has 6 heteroatoms. The minimum Gasteiger partial charge on any atom is -0.301 e. The molecule has 1 aliphatic carbocycles. The average Bonchev–Trinajstić information content (AvgIpc) is 3.07. The van der Waals surface area contributed by atoms with Crippen molar-refractivity contribution < 1.29 is 4.79 Å². The maximum absolute atomic E-state index is 12.4. The molecular weight excluding hydrogens is 362 g/mol. The van der Waals surface area contributed by atoms with E-state index >= 15 is 0 Å². The van der Waals surface area contributed by atoms with Gasteiger partial charge in [-0.05, 0) is 49.8 Å². The molecular formula is C20H21N3OS2. The second kappa shape index (κ2) is 7.76. The molecule has 1 aliphatic rings. The van der Waals surface area contributed by atoms with E-state index in [4.69, 9.17) is 4.98 Å². The van der Waals surface area contributed by atoms with Gasteiger partial charge in [-0.1, -0.05) is 36.9 Å². The number of rotatable bonds is 5. The number of nitrogens with one attached hydrogen (secondary N) is 1. The van der Waals surface area contributed by atoms with Gasteiger partial charge in [0.1, 0.15) is 5.03 Å². The molecule has 1 aromatic carbocycles. The fraction of sp³-hybridized carbons (Fsp3) is 0.350. The van der Waals surface area contributed by atoms with Gasteiger partial charge in [-0.3, -0.25) is 4.79 Å². The minimum absolute atomic E-state index is 0.0156. The third-order valence-corrected chi connectivity index (χ3v) is 6.68. The number of thiazole rings is 1. The summed E-state index contributed by atoms with van der Waals surface area (Å²) in [4.78, 5) is 23.0. The lowest BCUT2D eigenvalue weighted by Crippen LogP contribution is -2.14. The number of carbonyl (C=O) groups is 1. The van der Waals surface area contributed by atoms with Gasteiger partial charge < -0.3 is 5.32 Å². The van der Waals surface area contributed by atoms with Gasteiger partial charge in [0.05, 0.1) is 17.0 Å². The number of amides is 1. The smallest absolute Gasteiger partial charge is 0.236 e. The monoisotopic (exact) mass is 383 g/mol.